The van der Waals surface area contributed by atoms with E-state index in [2.05, 4.69) is 15.5 Å². The number of hydrogen-bond acceptors (Lipinski definition) is 4. The van der Waals surface area contributed by atoms with Crippen LogP contribution in [0.5, 0.6) is 5.75 Å². The van der Waals surface area contributed by atoms with Crippen molar-refractivity contribution < 1.29 is 9.53 Å². The molecular formula is C20H17N3O2. The highest BCUT2D eigenvalue weighted by molar-refractivity contribution is 5.93. The Balaban J connectivity index is 1.57. The van der Waals surface area contributed by atoms with Gasteiger partial charge in [-0.3, -0.25) is 9.78 Å². The van der Waals surface area contributed by atoms with Crippen LogP contribution in [0.15, 0.2) is 84.1 Å². The van der Waals surface area contributed by atoms with Crippen LogP contribution in [0.4, 0.5) is 0 Å². The minimum atomic E-state index is -0.353. The summed E-state index contributed by atoms with van der Waals surface area (Å²) >= 11 is 0. The second-order valence-corrected chi connectivity index (χ2v) is 5.26. The molecule has 1 heterocycles. The number of nitrogens with zero attached hydrogens (tertiary/aromatic N) is 2. The summed E-state index contributed by atoms with van der Waals surface area (Å²) in [5.74, 6) is 0.386. The Morgan fingerprint density at radius 3 is 2.68 bits per heavy atom. The van der Waals surface area contributed by atoms with Crippen LogP contribution in [0.1, 0.15) is 21.6 Å². The lowest BCUT2D eigenvalue weighted by Crippen LogP contribution is -2.18. The smallest absolute Gasteiger partial charge is 0.289 e. The molecule has 2 aromatic carbocycles. The van der Waals surface area contributed by atoms with Crippen LogP contribution in [0.2, 0.25) is 0 Å². The van der Waals surface area contributed by atoms with Crippen LogP contribution in [0, 0.1) is 0 Å². The van der Waals surface area contributed by atoms with Gasteiger partial charge in [0.2, 0.25) is 0 Å². The number of aromatic nitrogens is 1. The molecule has 0 saturated heterocycles. The molecule has 25 heavy (non-hydrogen) atoms. The Kier molecular flexibility index (Phi) is 5.51. The summed E-state index contributed by atoms with van der Waals surface area (Å²) in [6.45, 7) is 0.498. The number of benzene rings is 2. The fourth-order valence-electron chi connectivity index (χ4n) is 2.15. The van der Waals surface area contributed by atoms with E-state index < -0.39 is 0 Å². The van der Waals surface area contributed by atoms with Gasteiger partial charge < -0.3 is 4.74 Å². The number of rotatable bonds is 6. The molecule has 0 aliphatic heterocycles. The number of carbonyl (C=O) groups excluding carboxylic acids is 1. The zero-order valence-corrected chi connectivity index (χ0v) is 13.5. The largest absolute Gasteiger partial charge is 0.489 e. The van der Waals surface area contributed by atoms with Gasteiger partial charge in [0.15, 0.2) is 0 Å². The molecule has 124 valence electrons. The minimum absolute atomic E-state index is 0.319. The monoisotopic (exact) mass is 331 g/mol. The Morgan fingerprint density at radius 2 is 1.88 bits per heavy atom. The highest BCUT2D eigenvalue weighted by Crippen LogP contribution is 2.14. The molecule has 0 aliphatic carbocycles. The van der Waals surface area contributed by atoms with Crippen molar-refractivity contribution in [2.45, 2.75) is 6.61 Å². The van der Waals surface area contributed by atoms with Crippen molar-refractivity contribution in [1.82, 2.24) is 10.4 Å². The van der Waals surface area contributed by atoms with Gasteiger partial charge in [-0.15, -0.1) is 0 Å². The highest BCUT2D eigenvalue weighted by Gasteiger charge is 2.03. The predicted molar refractivity (Wildman–Crippen MR) is 96.5 cm³/mol. The summed E-state index contributed by atoms with van der Waals surface area (Å²) in [4.78, 5) is 15.8. The summed E-state index contributed by atoms with van der Waals surface area (Å²) in [6, 6.07) is 22.6. The average Bonchev–Trinajstić information content (AvgIpc) is 2.68. The summed E-state index contributed by atoms with van der Waals surface area (Å²) in [6.07, 6.45) is 3.13. The van der Waals surface area contributed by atoms with E-state index in [9.17, 15) is 4.79 Å². The highest BCUT2D eigenvalue weighted by atomic mass is 16.5. The second kappa shape index (κ2) is 8.40. The summed E-state index contributed by atoms with van der Waals surface area (Å²) in [5.41, 5.74) is 4.70. The molecule has 3 rings (SSSR count). The van der Waals surface area contributed by atoms with E-state index in [1.165, 1.54) is 0 Å². The molecule has 1 amide bonds. The summed E-state index contributed by atoms with van der Waals surface area (Å²) in [5, 5.41) is 3.96. The van der Waals surface area contributed by atoms with Crippen molar-refractivity contribution in [2.75, 3.05) is 0 Å². The Bertz CT molecular complexity index is 849. The van der Waals surface area contributed by atoms with Crippen molar-refractivity contribution in [3.8, 4) is 5.75 Å². The molecule has 3 aromatic rings. The molecule has 0 bridgehead atoms. The topological polar surface area (TPSA) is 63.6 Å². The molecule has 0 aliphatic rings. The first kappa shape index (κ1) is 16.4. The van der Waals surface area contributed by atoms with Crippen molar-refractivity contribution in [3.05, 3.63) is 95.8 Å². The van der Waals surface area contributed by atoms with Crippen molar-refractivity contribution >= 4 is 12.1 Å². The third-order valence-corrected chi connectivity index (χ3v) is 3.38. The molecule has 0 saturated carbocycles. The first-order valence-electron chi connectivity index (χ1n) is 7.82. The number of carbonyl (C=O) groups is 1. The van der Waals surface area contributed by atoms with E-state index in [-0.39, 0.29) is 5.91 Å². The molecule has 0 fully saturated rings. The first-order chi connectivity index (χ1) is 12.3. The molecular weight excluding hydrogens is 314 g/mol. The zero-order chi connectivity index (χ0) is 17.3. The van der Waals surface area contributed by atoms with Gasteiger partial charge in [0.1, 0.15) is 18.1 Å². The van der Waals surface area contributed by atoms with Crippen LogP contribution >= 0.6 is 0 Å². The van der Waals surface area contributed by atoms with E-state index in [1.54, 1.807) is 30.6 Å². The maximum absolute atomic E-state index is 11.8. The molecule has 0 radical (unpaired) electrons. The second-order valence-electron chi connectivity index (χ2n) is 5.26. The molecule has 5 heteroatoms. The van der Waals surface area contributed by atoms with Gasteiger partial charge in [0.05, 0.1) is 6.21 Å². The molecule has 0 spiro atoms. The lowest BCUT2D eigenvalue weighted by Gasteiger charge is -2.06. The third-order valence-electron chi connectivity index (χ3n) is 3.38. The molecule has 0 unspecified atom stereocenters. The van der Waals surface area contributed by atoms with Gasteiger partial charge in [-0.2, -0.15) is 5.10 Å². The van der Waals surface area contributed by atoms with Crippen molar-refractivity contribution in [3.63, 3.8) is 0 Å². The lowest BCUT2D eigenvalue weighted by atomic mass is 10.2. The number of nitrogens with one attached hydrogen (secondary N) is 1. The maximum Gasteiger partial charge on any atom is 0.289 e. The summed E-state index contributed by atoms with van der Waals surface area (Å²) in [7, 11) is 0. The van der Waals surface area contributed by atoms with Crippen molar-refractivity contribution in [2.24, 2.45) is 5.10 Å². The third kappa shape index (κ3) is 5.00. The number of hydrazone groups is 1. The fourth-order valence-corrected chi connectivity index (χ4v) is 2.15. The predicted octanol–water partition coefficient (Wildman–Crippen LogP) is 3.42. The van der Waals surface area contributed by atoms with Gasteiger partial charge in [-0.05, 0) is 35.4 Å². The van der Waals surface area contributed by atoms with Crippen LogP contribution in [0.25, 0.3) is 0 Å². The van der Waals surface area contributed by atoms with Crippen LogP contribution < -0.4 is 10.2 Å². The normalized spacial score (nSPS) is 10.6. The van der Waals surface area contributed by atoms with Gasteiger partial charge in [-0.1, -0.05) is 48.5 Å². The first-order valence-corrected chi connectivity index (χ1v) is 7.82. The van der Waals surface area contributed by atoms with E-state index >= 15 is 0 Å². The molecule has 1 aromatic heterocycles. The summed E-state index contributed by atoms with van der Waals surface area (Å²) < 4.78 is 5.77. The Hall–Kier alpha value is -3.47. The fraction of sp³-hybridized carbons (Fsp3) is 0.0500. The van der Waals surface area contributed by atoms with Gasteiger partial charge in [0.25, 0.3) is 5.91 Å². The van der Waals surface area contributed by atoms with E-state index in [0.717, 1.165) is 16.9 Å². The number of pyridine rings is 1. The minimum Gasteiger partial charge on any atom is -0.489 e. The number of hydrogen-bond donors (Lipinski definition) is 1. The lowest BCUT2D eigenvalue weighted by molar-refractivity contribution is 0.0950. The van der Waals surface area contributed by atoms with E-state index in [4.69, 9.17) is 4.74 Å². The van der Waals surface area contributed by atoms with Crippen LogP contribution in [0.3, 0.4) is 0 Å². The number of amides is 1. The van der Waals surface area contributed by atoms with Crippen molar-refractivity contribution in [1.29, 1.82) is 0 Å². The van der Waals surface area contributed by atoms with Crippen LogP contribution in [-0.4, -0.2) is 17.1 Å². The average molecular weight is 331 g/mol. The van der Waals surface area contributed by atoms with E-state index in [1.807, 2.05) is 54.6 Å². The van der Waals surface area contributed by atoms with Gasteiger partial charge in [-0.25, -0.2) is 5.43 Å². The molecule has 5 nitrogen and oxygen atoms in total. The van der Waals surface area contributed by atoms with E-state index in [0.29, 0.717) is 12.3 Å². The standard InChI is InChI=1S/C20H17N3O2/c24-20(19-11-4-5-12-21-19)23-22-14-17-9-6-10-18(13-17)25-15-16-7-2-1-3-8-16/h1-14H,15H2,(H,23,24)/b22-14-. The van der Waals surface area contributed by atoms with Gasteiger partial charge in [0, 0.05) is 6.20 Å². The SMILES string of the molecule is O=C(N/N=C\c1cccc(OCc2ccccc2)c1)c1ccccn1. The maximum atomic E-state index is 11.8. The molecule has 0 atom stereocenters. The Labute approximate surface area is 146 Å². The van der Waals surface area contributed by atoms with Gasteiger partial charge >= 0.3 is 0 Å². The van der Waals surface area contributed by atoms with Crippen LogP contribution in [-0.2, 0) is 6.61 Å². The molecule has 1 N–H and O–H groups in total. The quantitative estimate of drug-likeness (QED) is 0.556. The zero-order valence-electron chi connectivity index (χ0n) is 13.5. The number of ether oxygens (including phenoxy) is 1. The Morgan fingerprint density at radius 1 is 1.04 bits per heavy atom.